The van der Waals surface area contributed by atoms with Crippen molar-refractivity contribution in [3.05, 3.63) is 29.7 Å². The summed E-state index contributed by atoms with van der Waals surface area (Å²) in [6, 6.07) is 4.60. The Hall–Kier alpha value is -1.42. The molecule has 1 aliphatic heterocycles. The lowest BCUT2D eigenvalue weighted by Gasteiger charge is -2.33. The number of fused-ring (bicyclic) bond motifs is 1. The van der Waals surface area contributed by atoms with Gasteiger partial charge in [0.15, 0.2) is 11.5 Å². The molecule has 1 saturated heterocycles. The third-order valence-corrected chi connectivity index (χ3v) is 3.97. The average Bonchev–Trinajstić information content (AvgIpc) is 2.84. The van der Waals surface area contributed by atoms with Crippen molar-refractivity contribution in [3.63, 3.8) is 0 Å². The van der Waals surface area contributed by atoms with Crippen LogP contribution in [0.4, 0.5) is 0 Å². The molecule has 2 aromatic rings. The predicted octanol–water partition coefficient (Wildman–Crippen LogP) is 2.58. The van der Waals surface area contributed by atoms with Crippen LogP contribution >= 0.6 is 0 Å². The van der Waals surface area contributed by atoms with Crippen LogP contribution in [-0.4, -0.2) is 32.6 Å². The first kappa shape index (κ1) is 11.7. The monoisotopic (exact) mass is 244 g/mol. The van der Waals surface area contributed by atoms with Crippen molar-refractivity contribution in [2.24, 2.45) is 0 Å². The molecular formula is C14H20N4. The Bertz CT molecular complexity index is 546. The first-order valence-electron chi connectivity index (χ1n) is 6.85. The van der Waals surface area contributed by atoms with Gasteiger partial charge in [0.2, 0.25) is 0 Å². The highest BCUT2D eigenvalue weighted by Crippen LogP contribution is 2.29. The highest BCUT2D eigenvalue weighted by molar-refractivity contribution is 5.46. The van der Waals surface area contributed by atoms with Gasteiger partial charge in [0, 0.05) is 6.20 Å². The summed E-state index contributed by atoms with van der Waals surface area (Å²) in [4.78, 5) is 2.52. The van der Waals surface area contributed by atoms with E-state index in [4.69, 9.17) is 0 Å². The predicted molar refractivity (Wildman–Crippen MR) is 71.6 cm³/mol. The molecule has 0 radical (unpaired) electrons. The Balaban J connectivity index is 2.05. The van der Waals surface area contributed by atoms with Gasteiger partial charge >= 0.3 is 0 Å². The molecule has 0 N–H and O–H groups in total. The molecule has 0 bridgehead atoms. The van der Waals surface area contributed by atoms with Crippen LogP contribution in [0, 0.1) is 6.92 Å². The number of likely N-dealkylation sites (tertiary alicyclic amines) is 1. The number of rotatable bonds is 2. The van der Waals surface area contributed by atoms with Gasteiger partial charge < -0.3 is 0 Å². The first-order chi connectivity index (χ1) is 8.81. The van der Waals surface area contributed by atoms with Gasteiger partial charge in [-0.05, 0) is 44.5 Å². The molecular weight excluding hydrogens is 224 g/mol. The normalized spacial score (nSPS) is 21.6. The molecule has 2 aromatic heterocycles. The van der Waals surface area contributed by atoms with Crippen LogP contribution in [0.3, 0.4) is 0 Å². The summed E-state index contributed by atoms with van der Waals surface area (Å²) in [6.07, 6.45) is 5.88. The maximum Gasteiger partial charge on any atom is 0.163 e. The minimum Gasteiger partial charge on any atom is -0.294 e. The molecule has 1 atom stereocenters. The van der Waals surface area contributed by atoms with E-state index in [1.165, 1.54) is 31.4 Å². The lowest BCUT2D eigenvalue weighted by Crippen LogP contribution is -2.34. The summed E-state index contributed by atoms with van der Waals surface area (Å²) in [6.45, 7) is 6.59. The standard InChI is InChI=1S/C14H20N4/c1-3-17-9-5-4-8-12(17)14-16-15-13-11(2)7-6-10-18(13)14/h6-7,10,12H,3-5,8-9H2,1-2H3. The number of aromatic nitrogens is 3. The third-order valence-electron chi connectivity index (χ3n) is 3.97. The van der Waals surface area contributed by atoms with E-state index in [0.717, 1.165) is 18.0 Å². The van der Waals surface area contributed by atoms with E-state index in [-0.39, 0.29) is 0 Å². The lowest BCUT2D eigenvalue weighted by atomic mass is 10.0. The fourth-order valence-corrected chi connectivity index (χ4v) is 2.96. The zero-order valence-corrected chi connectivity index (χ0v) is 11.1. The lowest BCUT2D eigenvalue weighted by molar-refractivity contribution is 0.149. The molecule has 1 aliphatic rings. The largest absolute Gasteiger partial charge is 0.294 e. The van der Waals surface area contributed by atoms with E-state index in [9.17, 15) is 0 Å². The molecule has 0 spiro atoms. The van der Waals surface area contributed by atoms with Gasteiger partial charge in [-0.15, -0.1) is 10.2 Å². The molecule has 0 aromatic carbocycles. The topological polar surface area (TPSA) is 33.4 Å². The van der Waals surface area contributed by atoms with Gasteiger partial charge in [0.25, 0.3) is 0 Å². The zero-order chi connectivity index (χ0) is 12.5. The van der Waals surface area contributed by atoms with Crippen LogP contribution < -0.4 is 0 Å². The number of aryl methyl sites for hydroxylation is 1. The Morgan fingerprint density at radius 1 is 1.33 bits per heavy atom. The van der Waals surface area contributed by atoms with Gasteiger partial charge in [-0.2, -0.15) is 0 Å². The molecule has 0 saturated carbocycles. The third kappa shape index (κ3) is 1.81. The summed E-state index contributed by atoms with van der Waals surface area (Å²) in [5.74, 6) is 1.11. The van der Waals surface area contributed by atoms with Gasteiger partial charge in [-0.3, -0.25) is 9.30 Å². The molecule has 3 heterocycles. The SMILES string of the molecule is CCN1CCCCC1c1nnc2c(C)cccn12. The molecule has 18 heavy (non-hydrogen) atoms. The minimum atomic E-state index is 0.431. The van der Waals surface area contributed by atoms with Crippen LogP contribution in [0.15, 0.2) is 18.3 Å². The van der Waals surface area contributed by atoms with Crippen LogP contribution in [0.25, 0.3) is 5.65 Å². The molecule has 0 amide bonds. The summed E-state index contributed by atoms with van der Waals surface area (Å²) in [5.41, 5.74) is 2.18. The maximum absolute atomic E-state index is 4.45. The molecule has 96 valence electrons. The van der Waals surface area contributed by atoms with Crippen molar-refractivity contribution in [1.29, 1.82) is 0 Å². The van der Waals surface area contributed by atoms with Gasteiger partial charge in [0.05, 0.1) is 6.04 Å². The summed E-state index contributed by atoms with van der Waals surface area (Å²) in [5, 5.41) is 8.80. The van der Waals surface area contributed by atoms with Crippen molar-refractivity contribution in [2.75, 3.05) is 13.1 Å². The second kappa shape index (κ2) is 4.69. The molecule has 0 aliphatic carbocycles. The maximum atomic E-state index is 4.45. The summed E-state index contributed by atoms with van der Waals surface area (Å²) < 4.78 is 2.16. The Morgan fingerprint density at radius 2 is 2.22 bits per heavy atom. The van der Waals surface area contributed by atoms with E-state index in [1.54, 1.807) is 0 Å². The van der Waals surface area contributed by atoms with Gasteiger partial charge in [-0.25, -0.2) is 0 Å². The highest BCUT2D eigenvalue weighted by atomic mass is 15.3. The van der Waals surface area contributed by atoms with E-state index >= 15 is 0 Å². The highest BCUT2D eigenvalue weighted by Gasteiger charge is 2.26. The van der Waals surface area contributed by atoms with Crippen molar-refractivity contribution >= 4 is 5.65 Å². The van der Waals surface area contributed by atoms with Crippen molar-refractivity contribution < 1.29 is 0 Å². The summed E-state index contributed by atoms with van der Waals surface area (Å²) in [7, 11) is 0. The Kier molecular flexibility index (Phi) is 3.04. The fourth-order valence-electron chi connectivity index (χ4n) is 2.96. The fraction of sp³-hybridized carbons (Fsp3) is 0.571. The van der Waals surface area contributed by atoms with Crippen LogP contribution in [0.2, 0.25) is 0 Å². The van der Waals surface area contributed by atoms with E-state index in [0.29, 0.717) is 6.04 Å². The molecule has 4 nitrogen and oxygen atoms in total. The smallest absolute Gasteiger partial charge is 0.163 e. The van der Waals surface area contributed by atoms with E-state index in [1.807, 2.05) is 0 Å². The van der Waals surface area contributed by atoms with Crippen LogP contribution in [0.5, 0.6) is 0 Å². The number of nitrogens with zero attached hydrogens (tertiary/aromatic N) is 4. The Morgan fingerprint density at radius 3 is 3.06 bits per heavy atom. The molecule has 1 fully saturated rings. The van der Waals surface area contributed by atoms with E-state index in [2.05, 4.69) is 51.7 Å². The van der Waals surface area contributed by atoms with Gasteiger partial charge in [0.1, 0.15) is 0 Å². The second-order valence-corrected chi connectivity index (χ2v) is 5.08. The molecule has 3 rings (SSSR count). The number of hydrogen-bond acceptors (Lipinski definition) is 3. The molecule has 4 heteroatoms. The van der Waals surface area contributed by atoms with Crippen molar-refractivity contribution in [2.45, 2.75) is 39.2 Å². The average molecular weight is 244 g/mol. The number of pyridine rings is 1. The number of piperidine rings is 1. The van der Waals surface area contributed by atoms with Crippen LogP contribution in [0.1, 0.15) is 43.6 Å². The van der Waals surface area contributed by atoms with Crippen molar-refractivity contribution in [3.8, 4) is 0 Å². The minimum absolute atomic E-state index is 0.431. The first-order valence-corrected chi connectivity index (χ1v) is 6.85. The van der Waals surface area contributed by atoms with Crippen LogP contribution in [-0.2, 0) is 0 Å². The van der Waals surface area contributed by atoms with Crippen molar-refractivity contribution in [1.82, 2.24) is 19.5 Å². The van der Waals surface area contributed by atoms with Gasteiger partial charge in [-0.1, -0.05) is 19.4 Å². The van der Waals surface area contributed by atoms with E-state index < -0.39 is 0 Å². The summed E-state index contributed by atoms with van der Waals surface area (Å²) >= 11 is 0. The second-order valence-electron chi connectivity index (χ2n) is 5.08. The number of hydrogen-bond donors (Lipinski definition) is 0. The molecule has 1 unspecified atom stereocenters. The quantitative estimate of drug-likeness (QED) is 0.814. The zero-order valence-electron chi connectivity index (χ0n) is 11.1. The Labute approximate surface area is 108 Å².